The third kappa shape index (κ3) is 77.0. The number of ether oxygens (including phenoxy) is 4. The number of unbranched alkanes of at least 4 members (excludes halogenated alkanes) is 39. The van der Waals surface area contributed by atoms with E-state index < -0.39 is 24.3 Å². The Hall–Kier alpha value is -4.31. The SMILES string of the molecule is CC/C=C\C/C=C\C/C=C\C/C=C\C/C=C\C/C=C\C/C=C\C/C=C\C/C=C\C/C=C\CCCCC(=O)OC(COC(=O)CCCCCCCCCCCCCCCCCCCCCCCCCCCCCCCCCCCCCCCC)COC(OCC[N+](C)(C)C)C(=O)O. The van der Waals surface area contributed by atoms with E-state index in [1.165, 1.54) is 225 Å². The van der Waals surface area contributed by atoms with Crippen molar-refractivity contribution in [3.63, 3.8) is 0 Å². The zero-order valence-electron chi connectivity index (χ0n) is 63.3. The normalized spacial score (nSPS) is 13.3. The number of nitrogens with zero attached hydrogens (tertiary/aromatic N) is 1. The van der Waals surface area contributed by atoms with Crippen LogP contribution in [0.5, 0.6) is 0 Å². The zero-order valence-corrected chi connectivity index (χ0v) is 63.3. The number of hydrogen-bond acceptors (Lipinski definition) is 7. The van der Waals surface area contributed by atoms with E-state index in [2.05, 4.69) is 135 Å². The first kappa shape index (κ1) is 91.7. The molecule has 0 bridgehead atoms. The van der Waals surface area contributed by atoms with Crippen LogP contribution in [0.15, 0.2) is 122 Å². The topological polar surface area (TPSA) is 108 Å². The van der Waals surface area contributed by atoms with Crippen LogP contribution < -0.4 is 0 Å². The van der Waals surface area contributed by atoms with Gasteiger partial charge in [0.15, 0.2) is 6.10 Å². The van der Waals surface area contributed by atoms with E-state index >= 15 is 0 Å². The van der Waals surface area contributed by atoms with Gasteiger partial charge >= 0.3 is 17.9 Å². The number of carbonyl (C=O) groups excluding carboxylic acids is 2. The largest absolute Gasteiger partial charge is 0.477 e. The van der Waals surface area contributed by atoms with E-state index in [9.17, 15) is 19.5 Å². The highest BCUT2D eigenvalue weighted by molar-refractivity contribution is 5.71. The monoisotopic (exact) mass is 1340 g/mol. The quantitative estimate of drug-likeness (QED) is 0.0211. The highest BCUT2D eigenvalue weighted by Crippen LogP contribution is 2.19. The molecule has 552 valence electrons. The van der Waals surface area contributed by atoms with E-state index in [1.54, 1.807) is 0 Å². The fraction of sp³-hybridized carbons (Fsp3) is 0.736. The summed E-state index contributed by atoms with van der Waals surface area (Å²) in [5.74, 6) is -2.06. The molecule has 2 atom stereocenters. The summed E-state index contributed by atoms with van der Waals surface area (Å²) in [4.78, 5) is 37.7. The van der Waals surface area contributed by atoms with E-state index in [4.69, 9.17) is 18.9 Å². The number of quaternary nitrogens is 1. The molecule has 0 aliphatic heterocycles. The minimum absolute atomic E-state index is 0.174. The van der Waals surface area contributed by atoms with Crippen LogP contribution >= 0.6 is 0 Å². The molecule has 0 spiro atoms. The van der Waals surface area contributed by atoms with Gasteiger partial charge in [0.1, 0.15) is 13.2 Å². The average molecular weight is 1340 g/mol. The summed E-state index contributed by atoms with van der Waals surface area (Å²) in [6, 6.07) is 0. The molecule has 0 heterocycles. The average Bonchev–Trinajstić information content (AvgIpc) is 2.40. The summed E-state index contributed by atoms with van der Waals surface area (Å²) in [7, 11) is 5.96. The standard InChI is InChI=1S/C87H151NO8/c1-6-8-10-12-14-16-18-20-22-24-26-28-30-32-34-36-38-40-41-42-43-44-46-47-49-51-53-55-57-59-61-63-65-67-69-71-73-75-77-84(89)94-81-83(82-95-87(86(91)92)93-80-79-88(3,4)5)96-85(90)78-76-74-72-70-68-66-64-62-60-58-56-54-52-50-48-45-39-37-35-33-31-29-27-25-23-21-19-17-15-13-11-9-7-2/h9,11,15,17,21,23,27,29,33,35,39,45,50,52,56,58,62,64,68,70,83,87H,6-8,10,12-14,16,18-20,22,24-26,28,30-32,34,36-38,40-44,46-49,51,53-55,57,59-61,63,65-67,69,71-82H2,1-5H3/p+1/b11-9-,17-15-,23-21-,29-27-,35-33-,45-39-,52-50-,58-56-,64-62-,70-68-. The van der Waals surface area contributed by atoms with Crippen LogP contribution in [0.4, 0.5) is 0 Å². The second kappa shape index (κ2) is 76.4. The smallest absolute Gasteiger partial charge is 0.361 e. The van der Waals surface area contributed by atoms with Crippen molar-refractivity contribution in [2.45, 2.75) is 367 Å². The molecule has 96 heavy (non-hydrogen) atoms. The first-order valence-electron chi connectivity index (χ1n) is 40.2. The molecule has 0 amide bonds. The lowest BCUT2D eigenvalue weighted by molar-refractivity contribution is -0.870. The molecule has 0 saturated heterocycles. The number of allylic oxidation sites excluding steroid dienone is 20. The minimum Gasteiger partial charge on any atom is -0.477 e. The number of hydrogen-bond donors (Lipinski definition) is 1. The van der Waals surface area contributed by atoms with Gasteiger partial charge in [-0.1, -0.05) is 373 Å². The lowest BCUT2D eigenvalue weighted by Gasteiger charge is -2.25. The van der Waals surface area contributed by atoms with E-state index in [0.29, 0.717) is 23.9 Å². The Morgan fingerprint density at radius 1 is 0.323 bits per heavy atom. The molecule has 0 aromatic rings. The van der Waals surface area contributed by atoms with Crippen molar-refractivity contribution in [2.75, 3.05) is 47.5 Å². The van der Waals surface area contributed by atoms with E-state index in [1.807, 2.05) is 21.1 Å². The van der Waals surface area contributed by atoms with Gasteiger partial charge in [0.2, 0.25) is 0 Å². The van der Waals surface area contributed by atoms with Gasteiger partial charge in [-0.25, -0.2) is 4.79 Å². The maximum absolute atomic E-state index is 13.0. The highest BCUT2D eigenvalue weighted by atomic mass is 16.7. The van der Waals surface area contributed by atoms with Crippen molar-refractivity contribution < 1.29 is 42.9 Å². The second-order valence-electron chi connectivity index (χ2n) is 28.0. The Bertz CT molecular complexity index is 2000. The van der Waals surface area contributed by atoms with Crippen molar-refractivity contribution in [3.05, 3.63) is 122 Å². The lowest BCUT2D eigenvalue weighted by atomic mass is 10.0. The predicted octanol–water partition coefficient (Wildman–Crippen LogP) is 25.9. The Kier molecular flexibility index (Phi) is 73.0. The first-order chi connectivity index (χ1) is 47.1. The molecule has 9 nitrogen and oxygen atoms in total. The summed E-state index contributed by atoms with van der Waals surface area (Å²) in [5.41, 5.74) is 0. The number of rotatable bonds is 74. The summed E-state index contributed by atoms with van der Waals surface area (Å²) < 4.78 is 23.0. The fourth-order valence-corrected chi connectivity index (χ4v) is 11.4. The van der Waals surface area contributed by atoms with Crippen molar-refractivity contribution in [3.8, 4) is 0 Å². The summed E-state index contributed by atoms with van der Waals surface area (Å²) in [6.07, 6.45) is 107. The number of carbonyl (C=O) groups is 3. The van der Waals surface area contributed by atoms with Crippen molar-refractivity contribution in [1.82, 2.24) is 0 Å². The number of carboxylic acid groups (broad SMARTS) is 1. The van der Waals surface area contributed by atoms with E-state index in [0.717, 1.165) is 96.3 Å². The molecule has 0 aliphatic carbocycles. The maximum atomic E-state index is 13.0. The summed E-state index contributed by atoms with van der Waals surface area (Å²) in [6.45, 7) is 4.75. The Balaban J connectivity index is 4.09. The number of carboxylic acids is 1. The molecule has 0 aliphatic rings. The predicted molar refractivity (Wildman–Crippen MR) is 415 cm³/mol. The summed E-state index contributed by atoms with van der Waals surface area (Å²) in [5, 5.41) is 9.77. The van der Waals surface area contributed by atoms with Crippen LogP contribution in [0, 0.1) is 0 Å². The molecule has 0 radical (unpaired) electrons. The number of likely N-dealkylation sites (N-methyl/N-ethyl adjacent to an activating group) is 1. The molecule has 0 saturated carbocycles. The van der Waals surface area contributed by atoms with Crippen LogP contribution in [-0.4, -0.2) is 87.4 Å². The third-order valence-electron chi connectivity index (χ3n) is 17.5. The van der Waals surface area contributed by atoms with Crippen LogP contribution in [0.25, 0.3) is 0 Å². The first-order valence-corrected chi connectivity index (χ1v) is 40.2. The van der Waals surface area contributed by atoms with Crippen molar-refractivity contribution >= 4 is 17.9 Å². The Morgan fingerprint density at radius 2 is 0.594 bits per heavy atom. The molecule has 0 rings (SSSR count). The molecular formula is C87H152NO8+. The second-order valence-corrected chi connectivity index (χ2v) is 28.0. The van der Waals surface area contributed by atoms with Crippen LogP contribution in [0.2, 0.25) is 0 Å². The number of aliphatic carboxylic acids is 1. The van der Waals surface area contributed by atoms with Gasteiger partial charge in [0, 0.05) is 12.8 Å². The van der Waals surface area contributed by atoms with Crippen LogP contribution in [0.3, 0.4) is 0 Å². The highest BCUT2D eigenvalue weighted by Gasteiger charge is 2.25. The molecule has 1 N–H and O–H groups in total. The maximum Gasteiger partial charge on any atom is 0.361 e. The van der Waals surface area contributed by atoms with Gasteiger partial charge in [-0.15, -0.1) is 0 Å². The molecule has 2 unspecified atom stereocenters. The number of esters is 2. The Morgan fingerprint density at radius 3 is 0.885 bits per heavy atom. The third-order valence-corrected chi connectivity index (χ3v) is 17.5. The molecule has 0 aromatic heterocycles. The lowest BCUT2D eigenvalue weighted by Crippen LogP contribution is -2.40. The fourth-order valence-electron chi connectivity index (χ4n) is 11.4. The Labute approximate surface area is 593 Å². The molecular weight excluding hydrogens is 1190 g/mol. The minimum atomic E-state index is -1.53. The molecule has 0 fully saturated rings. The van der Waals surface area contributed by atoms with Gasteiger partial charge in [-0.3, -0.25) is 9.59 Å². The van der Waals surface area contributed by atoms with Crippen molar-refractivity contribution in [1.29, 1.82) is 0 Å². The van der Waals surface area contributed by atoms with Crippen LogP contribution in [-0.2, 0) is 33.3 Å². The van der Waals surface area contributed by atoms with Gasteiger partial charge in [0.05, 0.1) is 34.4 Å². The molecule has 9 heteroatoms. The molecule has 0 aromatic carbocycles. The van der Waals surface area contributed by atoms with Gasteiger partial charge in [0.25, 0.3) is 6.29 Å². The van der Waals surface area contributed by atoms with Gasteiger partial charge in [-0.2, -0.15) is 0 Å². The summed E-state index contributed by atoms with van der Waals surface area (Å²) >= 11 is 0. The van der Waals surface area contributed by atoms with Gasteiger partial charge < -0.3 is 28.5 Å². The zero-order chi connectivity index (χ0) is 69.7. The van der Waals surface area contributed by atoms with Gasteiger partial charge in [-0.05, 0) is 89.9 Å². The van der Waals surface area contributed by atoms with E-state index in [-0.39, 0.29) is 32.2 Å². The van der Waals surface area contributed by atoms with Crippen LogP contribution in [0.1, 0.15) is 354 Å². The van der Waals surface area contributed by atoms with Crippen molar-refractivity contribution in [2.24, 2.45) is 0 Å².